The quantitative estimate of drug-likeness (QED) is 0.531. The number of carboxylic acid groups (broad SMARTS) is 1. The largest absolute Gasteiger partial charge is 0.481 e. The van der Waals surface area contributed by atoms with Gasteiger partial charge < -0.3 is 9.84 Å². The third kappa shape index (κ3) is 4.48. The van der Waals surface area contributed by atoms with Crippen molar-refractivity contribution >= 4 is 5.97 Å². The van der Waals surface area contributed by atoms with Crippen LogP contribution in [0.15, 0.2) is 78.9 Å². The van der Waals surface area contributed by atoms with Gasteiger partial charge in [0.05, 0.1) is 18.6 Å². The first kappa shape index (κ1) is 22.7. The zero-order chi connectivity index (χ0) is 23.7. The minimum absolute atomic E-state index is 0.0167. The van der Waals surface area contributed by atoms with Gasteiger partial charge in [0.2, 0.25) is 0 Å². The van der Waals surface area contributed by atoms with E-state index in [1.807, 2.05) is 36.4 Å². The Bertz CT molecular complexity index is 1080. The number of fused-ring (bicyclic) bond motifs is 3. The van der Waals surface area contributed by atoms with Gasteiger partial charge in [-0.1, -0.05) is 60.7 Å². The molecule has 1 N–H and O–H groups in total. The summed E-state index contributed by atoms with van der Waals surface area (Å²) in [5.41, 5.74) is 2.66. The lowest BCUT2D eigenvalue weighted by atomic mass is 9.68. The molecule has 176 valence electrons. The van der Waals surface area contributed by atoms with Gasteiger partial charge in [0.25, 0.3) is 0 Å². The Kier molecular flexibility index (Phi) is 6.44. The molecule has 0 radical (unpaired) electrons. The molecular weight excluding hydrogens is 436 g/mol. The molecule has 6 rings (SSSR count). The molecule has 0 spiro atoms. The van der Waals surface area contributed by atoms with Crippen LogP contribution in [0.4, 0.5) is 8.78 Å². The lowest BCUT2D eigenvalue weighted by Crippen LogP contribution is -2.65. The number of aliphatic carboxylic acids is 1. The van der Waals surface area contributed by atoms with Crippen LogP contribution in [0.25, 0.3) is 0 Å². The summed E-state index contributed by atoms with van der Waals surface area (Å²) in [5, 5.41) is 9.91. The molecule has 0 saturated carbocycles. The number of hydrogen-bond acceptors (Lipinski definition) is 3. The molecule has 3 aromatic carbocycles. The molecule has 3 aliphatic heterocycles. The second-order valence-electron chi connectivity index (χ2n) is 9.24. The first-order valence-electron chi connectivity index (χ1n) is 11.6. The number of piperidine rings is 3. The first-order valence-corrected chi connectivity index (χ1v) is 11.6. The van der Waals surface area contributed by atoms with Crippen LogP contribution in [0.2, 0.25) is 0 Å². The van der Waals surface area contributed by atoms with E-state index in [0.717, 1.165) is 23.7 Å². The van der Waals surface area contributed by atoms with E-state index in [-0.39, 0.29) is 24.5 Å². The van der Waals surface area contributed by atoms with E-state index >= 15 is 0 Å². The van der Waals surface area contributed by atoms with Crippen molar-refractivity contribution < 1.29 is 23.4 Å². The Morgan fingerprint density at radius 1 is 0.971 bits per heavy atom. The zero-order valence-corrected chi connectivity index (χ0v) is 18.7. The van der Waals surface area contributed by atoms with Crippen LogP contribution >= 0.6 is 0 Å². The lowest BCUT2D eigenvalue weighted by Gasteiger charge is -2.55. The molecule has 34 heavy (non-hydrogen) atoms. The third-order valence-electron chi connectivity index (χ3n) is 7.22. The minimum Gasteiger partial charge on any atom is -0.481 e. The van der Waals surface area contributed by atoms with Gasteiger partial charge in [-0.15, -0.1) is 0 Å². The number of nitrogens with zero attached hydrogens (tertiary/aromatic N) is 1. The van der Waals surface area contributed by atoms with Gasteiger partial charge in [0.1, 0.15) is 11.6 Å². The van der Waals surface area contributed by atoms with Crippen LogP contribution in [0.1, 0.15) is 29.0 Å². The van der Waals surface area contributed by atoms with E-state index in [0.29, 0.717) is 18.5 Å². The summed E-state index contributed by atoms with van der Waals surface area (Å²) in [6.45, 7) is 1.28. The summed E-state index contributed by atoms with van der Waals surface area (Å²) < 4.78 is 33.9. The molecule has 0 amide bonds. The first-order chi connectivity index (χ1) is 16.5. The number of carbonyl (C=O) groups is 1. The topological polar surface area (TPSA) is 49.8 Å². The summed E-state index contributed by atoms with van der Waals surface area (Å²) >= 11 is 0. The summed E-state index contributed by atoms with van der Waals surface area (Å²) in [7, 11) is 0. The van der Waals surface area contributed by atoms with Crippen molar-refractivity contribution in [1.29, 1.82) is 0 Å². The van der Waals surface area contributed by atoms with Crippen molar-refractivity contribution in [1.82, 2.24) is 4.90 Å². The second kappa shape index (κ2) is 9.65. The fourth-order valence-corrected chi connectivity index (χ4v) is 5.80. The molecular formula is C28H27F2NO3. The standard InChI is InChI=1S/C28H27F2NO3/c29-21-13-18(14-22(30)15-21)17-34-27-23-11-12-31(16-24(23)28(32)33)26(27)25(19-7-3-1-4-8-19)20-9-5-2-6-10-20/h1-10,13-15,23-27H,11-12,16-17H2,(H,32,33)/t23-,24-,26+,27+/m1/s1. The molecule has 0 aromatic heterocycles. The van der Waals surface area contributed by atoms with Crippen molar-refractivity contribution in [3.63, 3.8) is 0 Å². The molecule has 2 bridgehead atoms. The maximum Gasteiger partial charge on any atom is 0.308 e. The Morgan fingerprint density at radius 2 is 1.56 bits per heavy atom. The third-order valence-corrected chi connectivity index (χ3v) is 7.22. The van der Waals surface area contributed by atoms with E-state index in [2.05, 4.69) is 29.2 Å². The summed E-state index contributed by atoms with van der Waals surface area (Å²) in [6.07, 6.45) is 0.312. The molecule has 3 aliphatic rings. The molecule has 6 heteroatoms. The van der Waals surface area contributed by atoms with E-state index < -0.39 is 29.6 Å². The number of benzene rings is 3. The minimum atomic E-state index is -0.825. The fraction of sp³-hybridized carbons (Fsp3) is 0.321. The Balaban J connectivity index is 1.54. The Labute approximate surface area is 197 Å². The maximum atomic E-state index is 13.8. The highest BCUT2D eigenvalue weighted by molar-refractivity contribution is 5.71. The molecule has 3 heterocycles. The van der Waals surface area contributed by atoms with E-state index in [9.17, 15) is 18.7 Å². The summed E-state index contributed by atoms with van der Waals surface area (Å²) in [4.78, 5) is 14.3. The lowest BCUT2D eigenvalue weighted by molar-refractivity contribution is -0.172. The van der Waals surface area contributed by atoms with Gasteiger partial charge in [-0.3, -0.25) is 9.69 Å². The van der Waals surface area contributed by atoms with Gasteiger partial charge in [-0.25, -0.2) is 8.78 Å². The SMILES string of the molecule is O=C(O)[C@@H]1CN2CC[C@H]1[C@H](OCc1cc(F)cc(F)c1)[C@@H]2C(c1ccccc1)c1ccccc1. The number of rotatable bonds is 7. The fourth-order valence-electron chi connectivity index (χ4n) is 5.80. The van der Waals surface area contributed by atoms with Crippen molar-refractivity contribution in [2.75, 3.05) is 13.1 Å². The predicted molar refractivity (Wildman–Crippen MR) is 124 cm³/mol. The van der Waals surface area contributed by atoms with Crippen LogP contribution < -0.4 is 0 Å². The van der Waals surface area contributed by atoms with E-state index in [4.69, 9.17) is 4.74 Å². The van der Waals surface area contributed by atoms with Crippen LogP contribution in [0.3, 0.4) is 0 Å². The molecule has 4 nitrogen and oxygen atoms in total. The van der Waals surface area contributed by atoms with Gasteiger partial charge in [0.15, 0.2) is 0 Å². The Hall–Kier alpha value is -3.09. The smallest absolute Gasteiger partial charge is 0.308 e. The predicted octanol–water partition coefficient (Wildman–Crippen LogP) is 5.09. The van der Waals surface area contributed by atoms with Crippen LogP contribution in [0.5, 0.6) is 0 Å². The highest BCUT2D eigenvalue weighted by Crippen LogP contribution is 2.45. The van der Waals surface area contributed by atoms with E-state index in [1.54, 1.807) is 0 Å². The van der Waals surface area contributed by atoms with Crippen LogP contribution in [-0.4, -0.2) is 41.2 Å². The summed E-state index contributed by atoms with van der Waals surface area (Å²) in [5.74, 6) is -2.88. The monoisotopic (exact) mass is 463 g/mol. The van der Waals surface area contributed by atoms with Gasteiger partial charge >= 0.3 is 5.97 Å². The Morgan fingerprint density at radius 3 is 2.12 bits per heavy atom. The van der Waals surface area contributed by atoms with Crippen molar-refractivity contribution in [2.24, 2.45) is 11.8 Å². The number of hydrogen-bond donors (Lipinski definition) is 1. The molecule has 5 atom stereocenters. The second-order valence-corrected chi connectivity index (χ2v) is 9.24. The van der Waals surface area contributed by atoms with Gasteiger partial charge in [-0.05, 0) is 41.8 Å². The van der Waals surface area contributed by atoms with Crippen molar-refractivity contribution in [2.45, 2.75) is 31.1 Å². The molecule has 0 aliphatic carbocycles. The van der Waals surface area contributed by atoms with Crippen molar-refractivity contribution in [3.8, 4) is 0 Å². The average Bonchev–Trinajstić information content (AvgIpc) is 2.84. The molecule has 1 unspecified atom stereocenters. The van der Waals surface area contributed by atoms with Crippen molar-refractivity contribution in [3.05, 3.63) is 107 Å². The number of halogens is 2. The normalized spacial score (nSPS) is 26.0. The number of carboxylic acids is 1. The molecule has 3 fully saturated rings. The van der Waals surface area contributed by atoms with Gasteiger partial charge in [-0.2, -0.15) is 0 Å². The summed E-state index contributed by atoms with van der Waals surface area (Å²) in [6, 6.07) is 23.6. The highest BCUT2D eigenvalue weighted by Gasteiger charge is 2.53. The van der Waals surface area contributed by atoms with E-state index in [1.165, 1.54) is 12.1 Å². The zero-order valence-electron chi connectivity index (χ0n) is 18.7. The molecule has 3 aromatic rings. The maximum absolute atomic E-state index is 13.8. The number of ether oxygens (including phenoxy) is 1. The van der Waals surface area contributed by atoms with Gasteiger partial charge in [0, 0.05) is 30.5 Å². The van der Waals surface area contributed by atoms with Crippen LogP contribution in [-0.2, 0) is 16.1 Å². The molecule has 3 saturated heterocycles. The van der Waals surface area contributed by atoms with Crippen LogP contribution in [0, 0.1) is 23.5 Å². The highest BCUT2D eigenvalue weighted by atomic mass is 19.1. The average molecular weight is 464 g/mol.